The molecule has 0 amide bonds. The molecule has 0 radical (unpaired) electrons. The molecule has 4 heteroatoms. The first kappa shape index (κ1) is 14.1. The second-order valence-electron chi connectivity index (χ2n) is 5.14. The van der Waals surface area contributed by atoms with Gasteiger partial charge in [-0.1, -0.05) is 36.4 Å². The Bertz CT molecular complexity index is 834. The third-order valence-electron chi connectivity index (χ3n) is 3.72. The van der Waals surface area contributed by atoms with Crippen LogP contribution in [0.25, 0.3) is 10.9 Å². The highest BCUT2D eigenvalue weighted by atomic mass is 16.4. The highest BCUT2D eigenvalue weighted by Crippen LogP contribution is 2.24. The quantitative estimate of drug-likeness (QED) is 0.705. The first-order chi connectivity index (χ1) is 10.7. The number of ketones is 1. The second kappa shape index (κ2) is 5.85. The van der Waals surface area contributed by atoms with Crippen molar-refractivity contribution in [1.29, 1.82) is 0 Å². The van der Waals surface area contributed by atoms with E-state index in [1.165, 1.54) is 6.07 Å². The van der Waals surface area contributed by atoms with Gasteiger partial charge < -0.3 is 10.1 Å². The number of carbonyl (C=O) groups excluding carboxylic acids is 1. The van der Waals surface area contributed by atoms with Gasteiger partial charge in [0.15, 0.2) is 5.78 Å². The number of benzene rings is 2. The average molecular weight is 293 g/mol. The molecular formula is C18H15NO3. The third kappa shape index (κ3) is 2.63. The fourth-order valence-electron chi connectivity index (χ4n) is 2.62. The van der Waals surface area contributed by atoms with Gasteiger partial charge in [-0.25, -0.2) is 4.79 Å². The summed E-state index contributed by atoms with van der Waals surface area (Å²) in [5, 5.41) is 9.78. The molecule has 22 heavy (non-hydrogen) atoms. The summed E-state index contributed by atoms with van der Waals surface area (Å²) < 4.78 is 0. The topological polar surface area (TPSA) is 70.2 Å². The summed E-state index contributed by atoms with van der Waals surface area (Å²) in [6, 6.07) is 14.7. The highest BCUT2D eigenvalue weighted by Gasteiger charge is 2.17. The van der Waals surface area contributed by atoms with Crippen molar-refractivity contribution in [3.8, 4) is 0 Å². The maximum absolute atomic E-state index is 12.5. The minimum Gasteiger partial charge on any atom is -0.478 e. The van der Waals surface area contributed by atoms with E-state index < -0.39 is 5.97 Å². The molecule has 1 aromatic heterocycles. The molecule has 0 aliphatic heterocycles. The Morgan fingerprint density at radius 3 is 2.45 bits per heavy atom. The van der Waals surface area contributed by atoms with E-state index >= 15 is 0 Å². The Morgan fingerprint density at radius 2 is 1.73 bits per heavy atom. The number of nitrogens with one attached hydrogen (secondary N) is 1. The number of hydrogen-bond donors (Lipinski definition) is 2. The molecule has 0 atom stereocenters. The zero-order chi connectivity index (χ0) is 15.5. The SMILES string of the molecule is O=C(O)c1cccc2[nH]cc(C(=O)CCc3ccccc3)c12. The van der Waals surface area contributed by atoms with Crippen molar-refractivity contribution in [3.05, 3.63) is 71.4 Å². The van der Waals surface area contributed by atoms with E-state index in [9.17, 15) is 14.7 Å². The number of aryl methyl sites for hydroxylation is 1. The Labute approximate surface area is 127 Å². The summed E-state index contributed by atoms with van der Waals surface area (Å²) in [4.78, 5) is 26.8. The summed E-state index contributed by atoms with van der Waals surface area (Å²) >= 11 is 0. The summed E-state index contributed by atoms with van der Waals surface area (Å²) in [7, 11) is 0. The maximum atomic E-state index is 12.5. The van der Waals surface area contributed by atoms with Gasteiger partial charge in [0, 0.05) is 29.1 Å². The summed E-state index contributed by atoms with van der Waals surface area (Å²) in [5.74, 6) is -1.08. The number of fused-ring (bicyclic) bond motifs is 1. The first-order valence-electron chi connectivity index (χ1n) is 7.07. The average Bonchev–Trinajstić information content (AvgIpc) is 2.97. The van der Waals surface area contributed by atoms with Crippen molar-refractivity contribution < 1.29 is 14.7 Å². The minimum atomic E-state index is -1.03. The molecule has 2 aromatic carbocycles. The van der Waals surface area contributed by atoms with Crippen LogP contribution in [0.1, 0.15) is 32.7 Å². The van der Waals surface area contributed by atoms with E-state index in [2.05, 4.69) is 4.98 Å². The molecule has 3 rings (SSSR count). The molecule has 0 bridgehead atoms. The number of carbonyl (C=O) groups is 2. The van der Waals surface area contributed by atoms with Crippen molar-refractivity contribution in [2.45, 2.75) is 12.8 Å². The smallest absolute Gasteiger partial charge is 0.336 e. The Hall–Kier alpha value is -2.88. The zero-order valence-electron chi connectivity index (χ0n) is 11.9. The molecule has 0 fully saturated rings. The van der Waals surface area contributed by atoms with Gasteiger partial charge in [0.1, 0.15) is 0 Å². The van der Waals surface area contributed by atoms with E-state index in [0.29, 0.717) is 29.3 Å². The fourth-order valence-corrected chi connectivity index (χ4v) is 2.62. The monoisotopic (exact) mass is 293 g/mol. The van der Waals surface area contributed by atoms with Crippen molar-refractivity contribution in [1.82, 2.24) is 4.98 Å². The van der Waals surface area contributed by atoms with Gasteiger partial charge >= 0.3 is 5.97 Å². The molecule has 0 aliphatic carbocycles. The number of carboxylic acid groups (broad SMARTS) is 1. The van der Waals surface area contributed by atoms with E-state index in [-0.39, 0.29) is 11.3 Å². The van der Waals surface area contributed by atoms with Gasteiger partial charge in [0.2, 0.25) is 0 Å². The van der Waals surface area contributed by atoms with Crippen LogP contribution in [0.5, 0.6) is 0 Å². The lowest BCUT2D eigenvalue weighted by Crippen LogP contribution is -2.03. The molecule has 0 saturated carbocycles. The van der Waals surface area contributed by atoms with E-state index in [4.69, 9.17) is 0 Å². The summed E-state index contributed by atoms with van der Waals surface area (Å²) in [6.07, 6.45) is 2.59. The van der Waals surface area contributed by atoms with Crippen molar-refractivity contribution in [3.63, 3.8) is 0 Å². The summed E-state index contributed by atoms with van der Waals surface area (Å²) in [6.45, 7) is 0. The van der Waals surface area contributed by atoms with Crippen LogP contribution in [-0.2, 0) is 6.42 Å². The normalized spacial score (nSPS) is 10.7. The lowest BCUT2D eigenvalue weighted by atomic mass is 9.99. The van der Waals surface area contributed by atoms with E-state index in [1.807, 2.05) is 30.3 Å². The third-order valence-corrected chi connectivity index (χ3v) is 3.72. The van der Waals surface area contributed by atoms with Crippen LogP contribution in [0.2, 0.25) is 0 Å². The summed E-state index contributed by atoms with van der Waals surface area (Å²) in [5.41, 5.74) is 2.36. The predicted molar refractivity (Wildman–Crippen MR) is 84.4 cm³/mol. The number of Topliss-reactive ketones (excluding diaryl/α,β-unsaturated/α-hetero) is 1. The van der Waals surface area contributed by atoms with Crippen LogP contribution in [0.15, 0.2) is 54.7 Å². The largest absolute Gasteiger partial charge is 0.478 e. The fraction of sp³-hybridized carbons (Fsp3) is 0.111. The molecular weight excluding hydrogens is 278 g/mol. The van der Waals surface area contributed by atoms with Crippen molar-refractivity contribution in [2.75, 3.05) is 0 Å². The van der Waals surface area contributed by atoms with Gasteiger partial charge in [0.05, 0.1) is 5.56 Å². The molecule has 0 saturated heterocycles. The number of rotatable bonds is 5. The minimum absolute atomic E-state index is 0.0520. The standard InChI is InChI=1S/C18H15NO3/c20-16(10-9-12-5-2-1-3-6-12)14-11-19-15-8-4-7-13(17(14)15)18(21)22/h1-8,11,19H,9-10H2,(H,21,22). The van der Waals surface area contributed by atoms with Crippen molar-refractivity contribution >= 4 is 22.7 Å². The van der Waals surface area contributed by atoms with Crippen LogP contribution >= 0.6 is 0 Å². The molecule has 110 valence electrons. The second-order valence-corrected chi connectivity index (χ2v) is 5.14. The number of aromatic amines is 1. The van der Waals surface area contributed by atoms with Crippen LogP contribution in [0.4, 0.5) is 0 Å². The molecule has 0 spiro atoms. The van der Waals surface area contributed by atoms with Gasteiger partial charge in [-0.15, -0.1) is 0 Å². The number of carboxylic acids is 1. The molecule has 1 heterocycles. The van der Waals surface area contributed by atoms with Gasteiger partial charge in [-0.2, -0.15) is 0 Å². The number of hydrogen-bond acceptors (Lipinski definition) is 2. The molecule has 4 nitrogen and oxygen atoms in total. The van der Waals surface area contributed by atoms with Crippen LogP contribution in [0, 0.1) is 0 Å². The van der Waals surface area contributed by atoms with Crippen LogP contribution in [0.3, 0.4) is 0 Å². The molecule has 0 aliphatic rings. The lowest BCUT2D eigenvalue weighted by molar-refractivity contribution is 0.0699. The van der Waals surface area contributed by atoms with Crippen molar-refractivity contribution in [2.24, 2.45) is 0 Å². The van der Waals surface area contributed by atoms with E-state index in [1.54, 1.807) is 18.3 Å². The molecule has 2 N–H and O–H groups in total. The Morgan fingerprint density at radius 1 is 0.955 bits per heavy atom. The van der Waals surface area contributed by atoms with Crippen LogP contribution < -0.4 is 0 Å². The zero-order valence-corrected chi connectivity index (χ0v) is 11.9. The number of H-pyrrole nitrogens is 1. The molecule has 3 aromatic rings. The Kier molecular flexibility index (Phi) is 3.74. The van der Waals surface area contributed by atoms with E-state index in [0.717, 1.165) is 5.56 Å². The van der Waals surface area contributed by atoms with Crippen LogP contribution in [-0.4, -0.2) is 21.8 Å². The molecule has 0 unspecified atom stereocenters. The highest BCUT2D eigenvalue weighted by molar-refractivity contribution is 6.14. The van der Waals surface area contributed by atoms with Gasteiger partial charge in [0.25, 0.3) is 0 Å². The van der Waals surface area contributed by atoms with Gasteiger partial charge in [-0.05, 0) is 24.1 Å². The number of aromatic carboxylic acids is 1. The van der Waals surface area contributed by atoms with Gasteiger partial charge in [-0.3, -0.25) is 4.79 Å². The predicted octanol–water partition coefficient (Wildman–Crippen LogP) is 3.68. The maximum Gasteiger partial charge on any atom is 0.336 e. The number of aromatic nitrogens is 1. The first-order valence-corrected chi connectivity index (χ1v) is 7.07. The Balaban J connectivity index is 1.90. The lowest BCUT2D eigenvalue weighted by Gasteiger charge is -2.03.